The van der Waals surface area contributed by atoms with Gasteiger partial charge in [-0.3, -0.25) is 9.69 Å². The molecule has 1 saturated heterocycles. The quantitative estimate of drug-likeness (QED) is 0.856. The Bertz CT molecular complexity index is 420. The molecule has 2 N–H and O–H groups in total. The first-order chi connectivity index (χ1) is 8.70. The molecule has 1 atom stereocenters. The van der Waals surface area contributed by atoms with Gasteiger partial charge in [0.2, 0.25) is 5.91 Å². The molecule has 1 fully saturated rings. The first-order valence-electron chi connectivity index (χ1n) is 6.43. The molecular weight excluding hydrogens is 228 g/mol. The number of ether oxygens (including phenoxy) is 1. The zero-order valence-corrected chi connectivity index (χ0v) is 10.8. The summed E-state index contributed by atoms with van der Waals surface area (Å²) < 4.78 is 5.60. The summed E-state index contributed by atoms with van der Waals surface area (Å²) in [6.45, 7) is 5.15. The van der Waals surface area contributed by atoms with Crippen LogP contribution in [-0.4, -0.2) is 30.5 Å². The van der Waals surface area contributed by atoms with Crippen LogP contribution in [0.2, 0.25) is 0 Å². The molecule has 0 bridgehead atoms. The van der Waals surface area contributed by atoms with Gasteiger partial charge in [0.25, 0.3) is 0 Å². The van der Waals surface area contributed by atoms with E-state index in [4.69, 9.17) is 10.5 Å². The lowest BCUT2D eigenvalue weighted by molar-refractivity contribution is -0.121. The van der Waals surface area contributed by atoms with Crippen LogP contribution < -0.4 is 10.5 Å². The van der Waals surface area contributed by atoms with Crippen molar-refractivity contribution < 1.29 is 9.53 Å². The topological polar surface area (TPSA) is 55.6 Å². The predicted molar refractivity (Wildman–Crippen MR) is 70.2 cm³/mol. The molecule has 1 aliphatic rings. The van der Waals surface area contributed by atoms with Crippen molar-refractivity contribution in [3.63, 3.8) is 0 Å². The van der Waals surface area contributed by atoms with E-state index in [1.807, 2.05) is 25.1 Å². The van der Waals surface area contributed by atoms with Crippen molar-refractivity contribution in [2.75, 3.05) is 19.7 Å². The summed E-state index contributed by atoms with van der Waals surface area (Å²) in [5, 5.41) is 0. The number of para-hydroxylation sites is 1. The normalized spacial score (nSPS) is 19.9. The number of nitrogens with two attached hydrogens (primary N) is 1. The first kappa shape index (κ1) is 12.9. The summed E-state index contributed by atoms with van der Waals surface area (Å²) in [7, 11) is 0. The number of rotatable bonds is 5. The molecule has 0 saturated carbocycles. The highest BCUT2D eigenvalue weighted by Gasteiger charge is 2.26. The highest BCUT2D eigenvalue weighted by atomic mass is 16.5. The maximum absolute atomic E-state index is 11.1. The number of hydrogen-bond donors (Lipinski definition) is 1. The number of carbonyl (C=O) groups is 1. The number of amides is 1. The van der Waals surface area contributed by atoms with Crippen molar-refractivity contribution in [1.82, 2.24) is 4.90 Å². The van der Waals surface area contributed by atoms with Gasteiger partial charge in [-0.15, -0.1) is 0 Å². The molecule has 18 heavy (non-hydrogen) atoms. The smallest absolute Gasteiger partial charge is 0.221 e. The molecule has 0 aliphatic carbocycles. The molecule has 1 aromatic carbocycles. The Hall–Kier alpha value is -1.55. The van der Waals surface area contributed by atoms with E-state index in [0.717, 1.165) is 31.8 Å². The lowest BCUT2D eigenvalue weighted by Gasteiger charge is -2.17. The average Bonchev–Trinajstić information content (AvgIpc) is 2.81. The molecule has 1 amide bonds. The summed E-state index contributed by atoms with van der Waals surface area (Å²) in [5.74, 6) is 0.752. The number of primary amides is 1. The third-order valence-electron chi connectivity index (χ3n) is 3.34. The zero-order valence-electron chi connectivity index (χ0n) is 10.8. The lowest BCUT2D eigenvalue weighted by atomic mass is 10.1. The summed E-state index contributed by atoms with van der Waals surface area (Å²) in [4.78, 5) is 13.4. The zero-order chi connectivity index (χ0) is 13.0. The van der Waals surface area contributed by atoms with Crippen molar-refractivity contribution in [1.29, 1.82) is 0 Å². The molecule has 1 heterocycles. The highest BCUT2D eigenvalue weighted by molar-refractivity contribution is 5.77. The molecule has 0 radical (unpaired) electrons. The van der Waals surface area contributed by atoms with Crippen molar-refractivity contribution in [2.45, 2.75) is 19.9 Å². The van der Waals surface area contributed by atoms with Gasteiger partial charge in [0.1, 0.15) is 5.75 Å². The molecule has 1 unspecified atom stereocenters. The van der Waals surface area contributed by atoms with Gasteiger partial charge in [0.15, 0.2) is 0 Å². The minimum atomic E-state index is -0.185. The van der Waals surface area contributed by atoms with Crippen LogP contribution in [0.1, 0.15) is 18.9 Å². The van der Waals surface area contributed by atoms with Gasteiger partial charge in [-0.25, -0.2) is 0 Å². The fourth-order valence-corrected chi connectivity index (χ4v) is 2.38. The third kappa shape index (κ3) is 3.01. The predicted octanol–water partition coefficient (Wildman–Crippen LogP) is 1.39. The third-order valence-corrected chi connectivity index (χ3v) is 3.34. The van der Waals surface area contributed by atoms with Gasteiger partial charge in [-0.05, 0) is 26.0 Å². The monoisotopic (exact) mass is 248 g/mol. The second-order valence-electron chi connectivity index (χ2n) is 4.66. The van der Waals surface area contributed by atoms with E-state index in [-0.39, 0.29) is 11.8 Å². The fourth-order valence-electron chi connectivity index (χ4n) is 2.38. The largest absolute Gasteiger partial charge is 0.494 e. The summed E-state index contributed by atoms with van der Waals surface area (Å²) >= 11 is 0. The van der Waals surface area contributed by atoms with Gasteiger partial charge >= 0.3 is 0 Å². The van der Waals surface area contributed by atoms with E-state index in [1.54, 1.807) is 0 Å². The van der Waals surface area contributed by atoms with Crippen molar-refractivity contribution in [2.24, 2.45) is 11.7 Å². The molecule has 0 aromatic heterocycles. The standard InChI is InChI=1S/C14H20N2O2/c1-2-18-13-6-4-3-5-11(13)9-16-8-7-12(10-16)14(15)17/h3-6,12H,2,7-10H2,1H3,(H2,15,17). The Balaban J connectivity index is 2.00. The molecule has 1 aromatic rings. The van der Waals surface area contributed by atoms with Crippen LogP contribution in [0.5, 0.6) is 5.75 Å². The van der Waals surface area contributed by atoms with E-state index in [2.05, 4.69) is 11.0 Å². The Morgan fingerprint density at radius 2 is 2.28 bits per heavy atom. The summed E-state index contributed by atoms with van der Waals surface area (Å²) in [5.41, 5.74) is 6.51. The lowest BCUT2D eigenvalue weighted by Crippen LogP contribution is -2.27. The summed E-state index contributed by atoms with van der Waals surface area (Å²) in [6, 6.07) is 8.05. The second kappa shape index (κ2) is 5.87. The second-order valence-corrected chi connectivity index (χ2v) is 4.66. The Morgan fingerprint density at radius 3 is 2.94 bits per heavy atom. The van der Waals surface area contributed by atoms with Gasteiger partial charge in [-0.1, -0.05) is 18.2 Å². The minimum Gasteiger partial charge on any atom is -0.494 e. The van der Waals surface area contributed by atoms with Gasteiger partial charge < -0.3 is 10.5 Å². The fraction of sp³-hybridized carbons (Fsp3) is 0.500. The summed E-state index contributed by atoms with van der Waals surface area (Å²) in [6.07, 6.45) is 0.867. The number of benzene rings is 1. The average molecular weight is 248 g/mol. The van der Waals surface area contributed by atoms with Crippen LogP contribution in [0.25, 0.3) is 0 Å². The highest BCUT2D eigenvalue weighted by Crippen LogP contribution is 2.23. The number of carbonyl (C=O) groups excluding carboxylic acids is 1. The number of hydrogen-bond acceptors (Lipinski definition) is 3. The van der Waals surface area contributed by atoms with Crippen LogP contribution >= 0.6 is 0 Å². The Morgan fingerprint density at radius 1 is 1.50 bits per heavy atom. The van der Waals surface area contributed by atoms with E-state index < -0.39 is 0 Å². The van der Waals surface area contributed by atoms with Crippen molar-refractivity contribution in [3.8, 4) is 5.75 Å². The van der Waals surface area contributed by atoms with Crippen LogP contribution in [0.15, 0.2) is 24.3 Å². The van der Waals surface area contributed by atoms with Crippen LogP contribution in [-0.2, 0) is 11.3 Å². The molecule has 98 valence electrons. The van der Waals surface area contributed by atoms with Crippen molar-refractivity contribution in [3.05, 3.63) is 29.8 Å². The van der Waals surface area contributed by atoms with E-state index in [0.29, 0.717) is 6.61 Å². The number of likely N-dealkylation sites (tertiary alicyclic amines) is 1. The molecule has 4 nitrogen and oxygen atoms in total. The molecular formula is C14H20N2O2. The van der Waals surface area contributed by atoms with E-state index in [1.165, 1.54) is 5.56 Å². The molecule has 4 heteroatoms. The first-order valence-corrected chi connectivity index (χ1v) is 6.43. The maximum Gasteiger partial charge on any atom is 0.221 e. The molecule has 2 rings (SSSR count). The molecule has 1 aliphatic heterocycles. The number of nitrogens with zero attached hydrogens (tertiary/aromatic N) is 1. The Labute approximate surface area is 108 Å². The van der Waals surface area contributed by atoms with Gasteiger partial charge in [-0.2, -0.15) is 0 Å². The molecule has 0 spiro atoms. The van der Waals surface area contributed by atoms with Crippen LogP contribution in [0, 0.1) is 5.92 Å². The Kier molecular flexibility index (Phi) is 4.20. The van der Waals surface area contributed by atoms with Crippen molar-refractivity contribution >= 4 is 5.91 Å². The maximum atomic E-state index is 11.1. The van der Waals surface area contributed by atoms with Crippen LogP contribution in [0.4, 0.5) is 0 Å². The minimum absolute atomic E-state index is 0.00394. The van der Waals surface area contributed by atoms with Gasteiger partial charge in [0, 0.05) is 18.7 Å². The van der Waals surface area contributed by atoms with Gasteiger partial charge in [0.05, 0.1) is 12.5 Å². The van der Waals surface area contributed by atoms with E-state index in [9.17, 15) is 4.79 Å². The van der Waals surface area contributed by atoms with Crippen LogP contribution in [0.3, 0.4) is 0 Å². The van der Waals surface area contributed by atoms with E-state index >= 15 is 0 Å². The SMILES string of the molecule is CCOc1ccccc1CN1CCC(C(N)=O)C1.